The van der Waals surface area contributed by atoms with Crippen molar-refractivity contribution in [3.05, 3.63) is 82.2 Å². The second-order valence-corrected chi connectivity index (χ2v) is 7.00. The highest BCUT2D eigenvalue weighted by Crippen LogP contribution is 2.15. The predicted octanol–water partition coefficient (Wildman–Crippen LogP) is 3.19. The van der Waals surface area contributed by atoms with Gasteiger partial charge in [0.1, 0.15) is 5.58 Å². The number of benzene rings is 2. The highest BCUT2D eigenvalue weighted by molar-refractivity contribution is 5.93. The van der Waals surface area contributed by atoms with Crippen LogP contribution < -0.4 is 10.7 Å². The highest BCUT2D eigenvalue weighted by Gasteiger charge is 2.23. The standard InChI is InChI=1S/C22H22N2O3/c25-19-13-21(27-20-11-5-4-10-18(19)20)22(26)23-17-9-6-12-24(15-17)14-16-7-2-1-3-8-16/h1-5,7-8,10-11,13,17H,6,9,12,14-15H2,(H,23,26). The number of fused-ring (bicyclic) bond motifs is 1. The molecule has 5 nitrogen and oxygen atoms in total. The van der Waals surface area contributed by atoms with Crippen LogP contribution in [-0.4, -0.2) is 29.9 Å². The Morgan fingerprint density at radius 1 is 1.11 bits per heavy atom. The van der Waals surface area contributed by atoms with Crippen molar-refractivity contribution in [1.82, 2.24) is 10.2 Å². The number of rotatable bonds is 4. The number of carbonyl (C=O) groups is 1. The van der Waals surface area contributed by atoms with Crippen LogP contribution in [0.2, 0.25) is 0 Å². The van der Waals surface area contributed by atoms with Gasteiger partial charge in [0.25, 0.3) is 5.91 Å². The molecule has 3 aromatic rings. The molecule has 1 fully saturated rings. The molecule has 4 rings (SSSR count). The third-order valence-electron chi connectivity index (χ3n) is 4.95. The summed E-state index contributed by atoms with van der Waals surface area (Å²) in [6, 6.07) is 18.6. The number of nitrogens with one attached hydrogen (secondary N) is 1. The Hall–Kier alpha value is -2.92. The minimum Gasteiger partial charge on any atom is -0.451 e. The number of hydrogen-bond donors (Lipinski definition) is 1. The molecule has 0 saturated carbocycles. The molecule has 1 aliphatic rings. The molecule has 0 spiro atoms. The van der Waals surface area contributed by atoms with Crippen molar-refractivity contribution < 1.29 is 9.21 Å². The fourth-order valence-electron chi connectivity index (χ4n) is 3.63. The zero-order chi connectivity index (χ0) is 18.6. The summed E-state index contributed by atoms with van der Waals surface area (Å²) in [6.45, 7) is 2.68. The van der Waals surface area contributed by atoms with Crippen molar-refractivity contribution in [1.29, 1.82) is 0 Å². The molecule has 1 saturated heterocycles. The molecular formula is C22H22N2O3. The molecule has 1 aromatic heterocycles. The van der Waals surface area contributed by atoms with E-state index >= 15 is 0 Å². The SMILES string of the molecule is O=C(NC1CCCN(Cc2ccccc2)C1)c1cc(=O)c2ccccc2o1. The lowest BCUT2D eigenvalue weighted by atomic mass is 10.0. The summed E-state index contributed by atoms with van der Waals surface area (Å²) in [4.78, 5) is 27.2. The van der Waals surface area contributed by atoms with Gasteiger partial charge in [-0.05, 0) is 37.1 Å². The van der Waals surface area contributed by atoms with E-state index in [9.17, 15) is 9.59 Å². The molecule has 1 unspecified atom stereocenters. The average molecular weight is 362 g/mol. The quantitative estimate of drug-likeness (QED) is 0.774. The van der Waals surface area contributed by atoms with Gasteiger partial charge >= 0.3 is 0 Å². The lowest BCUT2D eigenvalue weighted by Crippen LogP contribution is -2.47. The summed E-state index contributed by atoms with van der Waals surface area (Å²) < 4.78 is 5.64. The van der Waals surface area contributed by atoms with Crippen molar-refractivity contribution in [2.45, 2.75) is 25.4 Å². The molecule has 1 amide bonds. The minimum atomic E-state index is -0.329. The summed E-state index contributed by atoms with van der Waals surface area (Å²) in [5.41, 5.74) is 1.51. The van der Waals surface area contributed by atoms with Gasteiger partial charge in [-0.3, -0.25) is 14.5 Å². The lowest BCUT2D eigenvalue weighted by Gasteiger charge is -2.33. The smallest absolute Gasteiger partial charge is 0.287 e. The molecule has 27 heavy (non-hydrogen) atoms. The second kappa shape index (κ2) is 7.76. The van der Waals surface area contributed by atoms with Crippen molar-refractivity contribution in [3.63, 3.8) is 0 Å². The third kappa shape index (κ3) is 4.09. The number of para-hydroxylation sites is 1. The lowest BCUT2D eigenvalue weighted by molar-refractivity contribution is 0.0873. The fourth-order valence-corrected chi connectivity index (χ4v) is 3.63. The third-order valence-corrected chi connectivity index (χ3v) is 4.95. The number of likely N-dealkylation sites (tertiary alicyclic amines) is 1. The minimum absolute atomic E-state index is 0.0479. The molecule has 1 atom stereocenters. The topological polar surface area (TPSA) is 62.6 Å². The van der Waals surface area contributed by atoms with Crippen LogP contribution in [0.15, 0.2) is 69.9 Å². The van der Waals surface area contributed by atoms with Gasteiger partial charge < -0.3 is 9.73 Å². The molecule has 0 radical (unpaired) electrons. The second-order valence-electron chi connectivity index (χ2n) is 7.00. The fraction of sp³-hybridized carbons (Fsp3) is 0.273. The molecule has 2 aromatic carbocycles. The van der Waals surface area contributed by atoms with Crippen molar-refractivity contribution in [3.8, 4) is 0 Å². The molecule has 0 aliphatic carbocycles. The van der Waals surface area contributed by atoms with Gasteiger partial charge in [-0.25, -0.2) is 0 Å². The van der Waals surface area contributed by atoms with Crippen LogP contribution in [0.4, 0.5) is 0 Å². The molecule has 1 N–H and O–H groups in total. The van der Waals surface area contributed by atoms with Gasteiger partial charge in [0.05, 0.1) is 5.39 Å². The summed E-state index contributed by atoms with van der Waals surface area (Å²) in [5, 5.41) is 3.52. The predicted molar refractivity (Wildman–Crippen MR) is 105 cm³/mol. The summed E-state index contributed by atoms with van der Waals surface area (Å²) >= 11 is 0. The normalized spacial score (nSPS) is 17.7. The van der Waals surface area contributed by atoms with E-state index in [1.165, 1.54) is 11.6 Å². The Bertz CT molecular complexity index is 997. The Kier molecular flexibility index (Phi) is 5.03. The van der Waals surface area contributed by atoms with Crippen LogP contribution >= 0.6 is 0 Å². The zero-order valence-electron chi connectivity index (χ0n) is 15.1. The maximum absolute atomic E-state index is 12.6. The Morgan fingerprint density at radius 3 is 2.74 bits per heavy atom. The first-order chi connectivity index (χ1) is 13.2. The van der Waals surface area contributed by atoms with E-state index in [0.29, 0.717) is 11.0 Å². The average Bonchev–Trinajstić information content (AvgIpc) is 2.69. The first kappa shape index (κ1) is 17.5. The maximum atomic E-state index is 12.6. The van der Waals surface area contributed by atoms with Gasteiger partial charge in [0, 0.05) is 25.2 Å². The van der Waals surface area contributed by atoms with Crippen LogP contribution in [0.5, 0.6) is 0 Å². The van der Waals surface area contributed by atoms with Crippen LogP contribution in [0.3, 0.4) is 0 Å². The van der Waals surface area contributed by atoms with Crippen molar-refractivity contribution in [2.24, 2.45) is 0 Å². The molecule has 138 valence electrons. The molecule has 2 heterocycles. The van der Waals surface area contributed by atoms with Crippen molar-refractivity contribution in [2.75, 3.05) is 13.1 Å². The molecular weight excluding hydrogens is 340 g/mol. The van der Waals surface area contributed by atoms with E-state index in [1.54, 1.807) is 24.3 Å². The van der Waals surface area contributed by atoms with Gasteiger partial charge in [-0.1, -0.05) is 42.5 Å². The van der Waals surface area contributed by atoms with Gasteiger partial charge in [-0.15, -0.1) is 0 Å². The van der Waals surface area contributed by atoms with Crippen LogP contribution in [0.1, 0.15) is 29.0 Å². The largest absolute Gasteiger partial charge is 0.451 e. The van der Waals surface area contributed by atoms with E-state index in [-0.39, 0.29) is 23.1 Å². The van der Waals surface area contributed by atoms with Crippen LogP contribution in [0.25, 0.3) is 11.0 Å². The van der Waals surface area contributed by atoms with Gasteiger partial charge in [0.15, 0.2) is 11.2 Å². The van der Waals surface area contributed by atoms with Gasteiger partial charge in [-0.2, -0.15) is 0 Å². The van der Waals surface area contributed by atoms with Crippen LogP contribution in [-0.2, 0) is 6.54 Å². The monoisotopic (exact) mass is 362 g/mol. The number of carbonyl (C=O) groups excluding carboxylic acids is 1. The van der Waals surface area contributed by atoms with Gasteiger partial charge in [0.2, 0.25) is 0 Å². The summed E-state index contributed by atoms with van der Waals surface area (Å²) in [6.07, 6.45) is 1.95. The summed E-state index contributed by atoms with van der Waals surface area (Å²) in [7, 11) is 0. The van der Waals surface area contributed by atoms with E-state index in [4.69, 9.17) is 4.42 Å². The maximum Gasteiger partial charge on any atom is 0.287 e. The first-order valence-electron chi connectivity index (χ1n) is 9.29. The summed E-state index contributed by atoms with van der Waals surface area (Å²) in [5.74, 6) is -0.261. The molecule has 5 heteroatoms. The molecule has 0 bridgehead atoms. The van der Waals surface area contributed by atoms with E-state index in [2.05, 4.69) is 22.3 Å². The number of nitrogens with zero attached hydrogens (tertiary/aromatic N) is 1. The number of hydrogen-bond acceptors (Lipinski definition) is 4. The number of piperidine rings is 1. The van der Waals surface area contributed by atoms with Crippen LogP contribution in [0, 0.1) is 0 Å². The van der Waals surface area contributed by atoms with E-state index < -0.39 is 0 Å². The van der Waals surface area contributed by atoms with Crippen molar-refractivity contribution >= 4 is 16.9 Å². The Balaban J connectivity index is 1.44. The van der Waals surface area contributed by atoms with E-state index in [0.717, 1.165) is 32.5 Å². The molecule has 1 aliphatic heterocycles. The Labute approximate surface area is 157 Å². The highest BCUT2D eigenvalue weighted by atomic mass is 16.3. The first-order valence-corrected chi connectivity index (χ1v) is 9.29. The van der Waals surface area contributed by atoms with E-state index in [1.807, 2.05) is 18.2 Å². The number of amides is 1. The zero-order valence-corrected chi connectivity index (χ0v) is 15.1. The Morgan fingerprint density at radius 2 is 1.89 bits per heavy atom.